The van der Waals surface area contributed by atoms with E-state index in [9.17, 15) is 17.9 Å². The number of nitrogens with one attached hydrogen (secondary N) is 1. The van der Waals surface area contributed by atoms with Crippen LogP contribution in [-0.2, 0) is 42.3 Å². The van der Waals surface area contributed by atoms with E-state index in [0.29, 0.717) is 0 Å². The number of nitrogens with two attached hydrogens (primary N) is 2. The average molecular weight is 672 g/mol. The largest absolute Gasteiger partial charge is 0.472 e. The van der Waals surface area contributed by atoms with Gasteiger partial charge in [-0.1, -0.05) is 0 Å². The third-order valence-corrected chi connectivity index (χ3v) is 9.93. The maximum atomic E-state index is 16.0. The Labute approximate surface area is 250 Å². The lowest BCUT2D eigenvalue weighted by Gasteiger charge is -2.32. The van der Waals surface area contributed by atoms with Crippen LogP contribution < -0.4 is 16.2 Å². The number of hydrogen-bond acceptors (Lipinski definition) is 17. The third-order valence-electron chi connectivity index (χ3n) is 7.98. The molecule has 0 radical (unpaired) electrons. The van der Waals surface area contributed by atoms with Gasteiger partial charge in [0.05, 0.1) is 25.9 Å². The fourth-order valence-corrected chi connectivity index (χ4v) is 7.91. The molecule has 4 saturated heterocycles. The molecule has 4 aliphatic heterocycles. The number of nitrogens with zero attached hydrogens (tertiary/aromatic N) is 8. The number of rotatable bonds is 2. The first-order chi connectivity index (χ1) is 21.5. The molecule has 6 N–H and O–H groups in total. The minimum Gasteiger partial charge on any atom is -0.382 e. The lowest BCUT2D eigenvalue weighted by atomic mass is 10.0. The fourth-order valence-electron chi connectivity index (χ4n) is 5.91. The monoisotopic (exact) mass is 671 g/mol. The lowest BCUT2D eigenvalue weighted by Crippen LogP contribution is -2.49. The summed E-state index contributed by atoms with van der Waals surface area (Å²) in [6.45, 7) is -1.68. The molecule has 240 valence electrons. The van der Waals surface area contributed by atoms with E-state index >= 15 is 4.39 Å². The number of phosphoric ester groups is 1. The number of phosphoric acid groups is 1. The molecule has 0 amide bonds. The number of imidazole rings is 2. The Kier molecular flexibility index (Phi) is 6.42. The van der Waals surface area contributed by atoms with Crippen LogP contribution in [0.3, 0.4) is 0 Å². The fraction of sp³-hybridized carbons (Fsp3) is 0.524. The van der Waals surface area contributed by atoms with Gasteiger partial charge in [-0.2, -0.15) is 13.1 Å². The van der Waals surface area contributed by atoms with Crippen LogP contribution >= 0.6 is 7.82 Å². The summed E-state index contributed by atoms with van der Waals surface area (Å²) in [6, 6.07) is 0. The Hall–Kier alpha value is -3.51. The van der Waals surface area contributed by atoms with E-state index in [1.807, 2.05) is 0 Å². The smallest absolute Gasteiger partial charge is 0.382 e. The van der Waals surface area contributed by atoms with E-state index in [1.165, 1.54) is 28.1 Å². The van der Waals surface area contributed by atoms with Gasteiger partial charge in [0.25, 0.3) is 0 Å². The SMILES string of the molecule is Nc1ncnc2c1ncn2[C@@H]1O[C@@H]2CNS(=O)(=O)O[C@H]3[C@H]4OC[C@]3(COP(=O)(O)O[C@H]2[C@H]1F)O[C@H]4n1cnc2c(N)ncnc21. The molecule has 24 heteroatoms. The van der Waals surface area contributed by atoms with Crippen molar-refractivity contribution in [2.45, 2.75) is 48.6 Å². The minimum atomic E-state index is -5.06. The predicted molar refractivity (Wildman–Crippen MR) is 143 cm³/mol. The van der Waals surface area contributed by atoms with Crippen molar-refractivity contribution >= 4 is 52.1 Å². The molecule has 2 bridgehead atoms. The van der Waals surface area contributed by atoms with Crippen molar-refractivity contribution in [3.05, 3.63) is 25.3 Å². The molecule has 8 heterocycles. The lowest BCUT2D eigenvalue weighted by molar-refractivity contribution is -0.184. The highest BCUT2D eigenvalue weighted by atomic mass is 32.2. The topological polar surface area (TPSA) is 278 Å². The summed E-state index contributed by atoms with van der Waals surface area (Å²) in [5, 5.41) is 0. The van der Waals surface area contributed by atoms with Crippen LogP contribution in [0.25, 0.3) is 22.3 Å². The maximum Gasteiger partial charge on any atom is 0.472 e. The van der Waals surface area contributed by atoms with Crippen LogP contribution in [0.4, 0.5) is 16.0 Å². The quantitative estimate of drug-likeness (QED) is 0.176. The van der Waals surface area contributed by atoms with E-state index < -0.39 is 79.9 Å². The highest BCUT2D eigenvalue weighted by Crippen LogP contribution is 2.54. The summed E-state index contributed by atoms with van der Waals surface area (Å²) in [5.41, 5.74) is 10.7. The van der Waals surface area contributed by atoms with Crippen LogP contribution in [0.5, 0.6) is 0 Å². The van der Waals surface area contributed by atoms with Gasteiger partial charge in [-0.15, -0.1) is 0 Å². The number of nitrogen functional groups attached to an aromatic ring is 2. The van der Waals surface area contributed by atoms with Crippen LogP contribution in [0.1, 0.15) is 12.5 Å². The molecule has 0 spiro atoms. The number of alkyl halides is 1. The standard InChI is InChI=1S/C21H23FN11O10PS/c22-9-12-8(40-19(9)32-6-29-10-15(23)25-4-27-17(10)32)1-31-45(36,37)43-14-13-20(33-7-30-11-16(24)26-5-28-18(11)33)41-21(14,2-38-13)3-39-44(34,35)42-12/h4-9,12-14,19-20,31H,1-3H2,(H,34,35)(H2,23,25,27)(H2,24,26,28)/t8-,9-,12-,13-,14+,19-,20-,21-/m1/s1. The molecular weight excluding hydrogens is 648 g/mol. The number of hydrogen-bond donors (Lipinski definition) is 4. The van der Waals surface area contributed by atoms with Gasteiger partial charge in [0, 0.05) is 6.54 Å². The van der Waals surface area contributed by atoms with Crippen molar-refractivity contribution < 1.29 is 49.7 Å². The summed E-state index contributed by atoms with van der Waals surface area (Å²) in [5.74, 6) is 0.122. The molecule has 4 aromatic heterocycles. The van der Waals surface area contributed by atoms with E-state index in [2.05, 4.69) is 34.6 Å². The molecule has 45 heavy (non-hydrogen) atoms. The van der Waals surface area contributed by atoms with Gasteiger partial charge < -0.3 is 30.6 Å². The molecule has 8 rings (SSSR count). The Balaban J connectivity index is 1.10. The van der Waals surface area contributed by atoms with Gasteiger partial charge in [-0.25, -0.2) is 43.0 Å². The minimum absolute atomic E-state index is 0.0272. The van der Waals surface area contributed by atoms with Crippen molar-refractivity contribution in [2.75, 3.05) is 31.2 Å². The molecule has 4 fully saturated rings. The molecule has 9 atom stereocenters. The van der Waals surface area contributed by atoms with E-state index in [-0.39, 0.29) is 40.6 Å². The Morgan fingerprint density at radius 2 is 1.62 bits per heavy atom. The van der Waals surface area contributed by atoms with Crippen molar-refractivity contribution in [3.8, 4) is 0 Å². The summed E-state index contributed by atoms with van der Waals surface area (Å²) in [6.07, 6.45) is -5.56. The van der Waals surface area contributed by atoms with Crippen molar-refractivity contribution in [1.82, 2.24) is 43.8 Å². The summed E-state index contributed by atoms with van der Waals surface area (Å²) >= 11 is 0. The van der Waals surface area contributed by atoms with Gasteiger partial charge in [0.2, 0.25) is 0 Å². The van der Waals surface area contributed by atoms with E-state index in [1.54, 1.807) is 0 Å². The van der Waals surface area contributed by atoms with Gasteiger partial charge in [-0.05, 0) is 0 Å². The van der Waals surface area contributed by atoms with Crippen molar-refractivity contribution in [1.29, 1.82) is 0 Å². The first kappa shape index (κ1) is 28.9. The zero-order valence-electron chi connectivity index (χ0n) is 22.6. The third kappa shape index (κ3) is 4.58. The predicted octanol–water partition coefficient (Wildman–Crippen LogP) is -1.53. The van der Waals surface area contributed by atoms with Crippen LogP contribution in [-0.4, -0.2) is 108 Å². The van der Waals surface area contributed by atoms with Crippen molar-refractivity contribution in [3.63, 3.8) is 0 Å². The Morgan fingerprint density at radius 1 is 0.978 bits per heavy atom. The molecule has 0 saturated carbocycles. The molecular formula is C21H23FN11O10PS. The Morgan fingerprint density at radius 3 is 2.29 bits per heavy atom. The molecule has 0 aromatic carbocycles. The molecule has 1 unspecified atom stereocenters. The summed E-state index contributed by atoms with van der Waals surface area (Å²) in [7, 11) is -9.68. The zero-order chi connectivity index (χ0) is 31.3. The molecule has 21 nitrogen and oxygen atoms in total. The molecule has 4 aliphatic rings. The van der Waals surface area contributed by atoms with Crippen LogP contribution in [0.2, 0.25) is 0 Å². The molecule has 4 aromatic rings. The second kappa shape index (κ2) is 9.99. The summed E-state index contributed by atoms with van der Waals surface area (Å²) in [4.78, 5) is 35.0. The number of anilines is 2. The highest BCUT2D eigenvalue weighted by molar-refractivity contribution is 7.84. The second-order valence-electron chi connectivity index (χ2n) is 10.7. The normalized spacial score (nSPS) is 38.1. The first-order valence-electron chi connectivity index (χ1n) is 13.2. The number of halogens is 1. The number of aromatic nitrogens is 8. The maximum absolute atomic E-state index is 16.0. The van der Waals surface area contributed by atoms with Gasteiger partial charge in [0.15, 0.2) is 41.6 Å². The van der Waals surface area contributed by atoms with Crippen molar-refractivity contribution in [2.24, 2.45) is 0 Å². The zero-order valence-corrected chi connectivity index (χ0v) is 24.3. The van der Waals surface area contributed by atoms with Crippen LogP contribution in [0.15, 0.2) is 25.3 Å². The van der Waals surface area contributed by atoms with Gasteiger partial charge in [-0.3, -0.25) is 18.2 Å². The van der Waals surface area contributed by atoms with Gasteiger partial charge in [0.1, 0.15) is 53.7 Å². The van der Waals surface area contributed by atoms with E-state index in [0.717, 1.165) is 6.33 Å². The number of ether oxygens (including phenoxy) is 3. The molecule has 0 aliphatic carbocycles. The van der Waals surface area contributed by atoms with E-state index in [4.69, 9.17) is 38.9 Å². The summed E-state index contributed by atoms with van der Waals surface area (Å²) < 4.78 is 94.4. The average Bonchev–Trinajstić information content (AvgIpc) is 3.80. The highest BCUT2D eigenvalue weighted by Gasteiger charge is 2.66. The number of fused-ring (bicyclic) bond motifs is 3. The first-order valence-corrected chi connectivity index (χ1v) is 16.1. The van der Waals surface area contributed by atoms with Crippen LogP contribution in [0, 0.1) is 0 Å². The van der Waals surface area contributed by atoms with Gasteiger partial charge >= 0.3 is 18.1 Å². The Bertz CT molecular complexity index is 1980. The second-order valence-corrected chi connectivity index (χ2v) is 13.5.